The molecule has 0 bridgehead atoms. The topological polar surface area (TPSA) is 17.1 Å². The summed E-state index contributed by atoms with van der Waals surface area (Å²) in [6, 6.07) is 0. The molecule has 0 aliphatic heterocycles. The van der Waals surface area contributed by atoms with E-state index >= 15 is 0 Å². The molecule has 0 aliphatic carbocycles. The minimum atomic E-state index is 0.550. The maximum Gasteiger partial charge on any atom is 0.124 e. The first-order chi connectivity index (χ1) is 4.81. The minimum absolute atomic E-state index is 0.550. The zero-order valence-corrected chi connectivity index (χ0v) is 6.63. The second-order valence-corrected chi connectivity index (χ2v) is 2.22. The first-order valence-electron chi connectivity index (χ1n) is 3.57. The lowest BCUT2D eigenvalue weighted by molar-refractivity contribution is -0.107. The molecule has 0 saturated carbocycles. The molecule has 0 atom stereocenters. The van der Waals surface area contributed by atoms with Gasteiger partial charge in [-0.1, -0.05) is 30.7 Å². The van der Waals surface area contributed by atoms with E-state index in [2.05, 4.69) is 13.0 Å². The third-order valence-electron chi connectivity index (χ3n) is 1.16. The Morgan fingerprint density at radius 1 is 1.50 bits per heavy atom. The molecule has 0 saturated heterocycles. The molecule has 1 heteroatoms. The van der Waals surface area contributed by atoms with E-state index in [1.54, 1.807) is 0 Å². The van der Waals surface area contributed by atoms with Gasteiger partial charge in [0.1, 0.15) is 6.29 Å². The van der Waals surface area contributed by atoms with Crippen LogP contribution >= 0.6 is 0 Å². The van der Waals surface area contributed by atoms with Crippen LogP contribution in [0.25, 0.3) is 0 Å². The molecule has 0 radical (unpaired) electrons. The quantitative estimate of drug-likeness (QED) is 0.431. The van der Waals surface area contributed by atoms with Crippen molar-refractivity contribution >= 4 is 6.29 Å². The van der Waals surface area contributed by atoms with Crippen molar-refractivity contribution in [2.24, 2.45) is 0 Å². The summed E-state index contributed by atoms with van der Waals surface area (Å²) in [6.45, 7) is 4.04. The van der Waals surface area contributed by atoms with Crippen LogP contribution in [0.4, 0.5) is 0 Å². The Labute approximate surface area is 62.4 Å². The number of aldehydes is 1. The Kier molecular flexibility index (Phi) is 5.74. The average molecular weight is 138 g/mol. The van der Waals surface area contributed by atoms with E-state index in [0.29, 0.717) is 6.42 Å². The summed E-state index contributed by atoms with van der Waals surface area (Å²) in [5, 5.41) is 0. The minimum Gasteiger partial charge on any atom is -0.303 e. The summed E-state index contributed by atoms with van der Waals surface area (Å²) in [7, 11) is 0. The lowest BCUT2D eigenvalue weighted by Gasteiger charge is -1.87. The molecule has 0 rings (SSSR count). The highest BCUT2D eigenvalue weighted by Crippen LogP contribution is 1.96. The van der Waals surface area contributed by atoms with Crippen molar-refractivity contribution in [3.05, 3.63) is 23.8 Å². The monoisotopic (exact) mass is 138 g/mol. The predicted octanol–water partition coefficient (Wildman–Crippen LogP) is 2.49. The Balaban J connectivity index is 3.67. The highest BCUT2D eigenvalue weighted by Gasteiger charge is 1.81. The molecule has 0 amide bonds. The molecule has 0 aromatic carbocycles. The van der Waals surface area contributed by atoms with Crippen LogP contribution in [0.5, 0.6) is 0 Å². The first kappa shape index (κ1) is 9.15. The number of allylic oxidation sites excluding steroid dienone is 4. The fourth-order valence-electron chi connectivity index (χ4n) is 0.568. The normalized spacial score (nSPS) is 12.4. The summed E-state index contributed by atoms with van der Waals surface area (Å²) < 4.78 is 0. The zero-order valence-electron chi connectivity index (χ0n) is 6.63. The van der Waals surface area contributed by atoms with Crippen molar-refractivity contribution in [3.8, 4) is 0 Å². The van der Waals surface area contributed by atoms with Gasteiger partial charge in [0.15, 0.2) is 0 Å². The Hall–Kier alpha value is -0.850. The van der Waals surface area contributed by atoms with Crippen LogP contribution in [0.1, 0.15) is 26.7 Å². The predicted molar refractivity (Wildman–Crippen MR) is 43.9 cm³/mol. The van der Waals surface area contributed by atoms with Crippen molar-refractivity contribution < 1.29 is 4.79 Å². The van der Waals surface area contributed by atoms with Gasteiger partial charge in [-0.2, -0.15) is 0 Å². The molecule has 0 unspecified atom stereocenters. The molecular weight excluding hydrogens is 124 g/mol. The molecular formula is C9H14O. The van der Waals surface area contributed by atoms with E-state index in [-0.39, 0.29) is 0 Å². The zero-order chi connectivity index (χ0) is 7.82. The van der Waals surface area contributed by atoms with Crippen LogP contribution < -0.4 is 0 Å². The number of hydrogen-bond acceptors (Lipinski definition) is 1. The molecule has 0 fully saturated rings. The average Bonchev–Trinajstić information content (AvgIpc) is 1.89. The molecule has 56 valence electrons. The Morgan fingerprint density at radius 3 is 2.70 bits per heavy atom. The van der Waals surface area contributed by atoms with Gasteiger partial charge in [0.2, 0.25) is 0 Å². The summed E-state index contributed by atoms with van der Waals surface area (Å²) in [6.07, 6.45) is 8.54. The van der Waals surface area contributed by atoms with E-state index in [1.165, 1.54) is 0 Å². The van der Waals surface area contributed by atoms with E-state index in [0.717, 1.165) is 18.3 Å². The van der Waals surface area contributed by atoms with E-state index < -0.39 is 0 Å². The fourth-order valence-corrected chi connectivity index (χ4v) is 0.568. The van der Waals surface area contributed by atoms with Crippen LogP contribution in [0.3, 0.4) is 0 Å². The highest BCUT2D eigenvalue weighted by molar-refractivity contribution is 5.54. The summed E-state index contributed by atoms with van der Waals surface area (Å²) in [4.78, 5) is 9.98. The molecule has 0 aliphatic rings. The smallest absolute Gasteiger partial charge is 0.124 e. The second-order valence-electron chi connectivity index (χ2n) is 2.22. The van der Waals surface area contributed by atoms with Crippen molar-refractivity contribution in [1.29, 1.82) is 0 Å². The van der Waals surface area contributed by atoms with Gasteiger partial charge in [-0.3, -0.25) is 0 Å². The molecule has 0 aromatic heterocycles. The Morgan fingerprint density at radius 2 is 2.20 bits per heavy atom. The SMILES string of the molecule is CCC=CC=C(C)CC=O. The van der Waals surface area contributed by atoms with Gasteiger partial charge < -0.3 is 4.79 Å². The van der Waals surface area contributed by atoms with E-state index in [1.807, 2.05) is 19.1 Å². The molecule has 0 aromatic rings. The lowest BCUT2D eigenvalue weighted by Crippen LogP contribution is -1.75. The molecule has 0 spiro atoms. The van der Waals surface area contributed by atoms with Crippen LogP contribution in [0.2, 0.25) is 0 Å². The number of carbonyl (C=O) groups is 1. The second kappa shape index (κ2) is 6.27. The number of rotatable bonds is 4. The van der Waals surface area contributed by atoms with Crippen molar-refractivity contribution in [2.75, 3.05) is 0 Å². The van der Waals surface area contributed by atoms with Crippen LogP contribution in [-0.4, -0.2) is 6.29 Å². The maximum absolute atomic E-state index is 9.98. The first-order valence-corrected chi connectivity index (χ1v) is 3.57. The van der Waals surface area contributed by atoms with Crippen LogP contribution in [-0.2, 0) is 4.79 Å². The largest absolute Gasteiger partial charge is 0.303 e. The van der Waals surface area contributed by atoms with Gasteiger partial charge in [0, 0.05) is 6.42 Å². The summed E-state index contributed by atoms with van der Waals surface area (Å²) >= 11 is 0. The van der Waals surface area contributed by atoms with Gasteiger partial charge in [-0.05, 0) is 13.3 Å². The van der Waals surface area contributed by atoms with Crippen LogP contribution in [0.15, 0.2) is 23.8 Å². The van der Waals surface area contributed by atoms with Crippen LogP contribution in [0, 0.1) is 0 Å². The standard InChI is InChI=1S/C9H14O/c1-3-4-5-6-9(2)7-8-10/h4-6,8H,3,7H2,1-2H3. The van der Waals surface area contributed by atoms with Crippen molar-refractivity contribution in [2.45, 2.75) is 26.7 Å². The van der Waals surface area contributed by atoms with Gasteiger partial charge in [0.25, 0.3) is 0 Å². The van der Waals surface area contributed by atoms with Gasteiger partial charge in [0.05, 0.1) is 0 Å². The van der Waals surface area contributed by atoms with Gasteiger partial charge >= 0.3 is 0 Å². The Bertz CT molecular complexity index is 143. The number of carbonyl (C=O) groups excluding carboxylic acids is 1. The number of hydrogen-bond donors (Lipinski definition) is 0. The highest BCUT2D eigenvalue weighted by atomic mass is 16.1. The third-order valence-corrected chi connectivity index (χ3v) is 1.16. The van der Waals surface area contributed by atoms with Gasteiger partial charge in [-0.15, -0.1) is 0 Å². The third kappa shape index (κ3) is 5.29. The lowest BCUT2D eigenvalue weighted by atomic mass is 10.2. The van der Waals surface area contributed by atoms with Crippen molar-refractivity contribution in [3.63, 3.8) is 0 Å². The summed E-state index contributed by atoms with van der Waals surface area (Å²) in [5.41, 5.74) is 1.11. The molecule has 10 heavy (non-hydrogen) atoms. The van der Waals surface area contributed by atoms with Gasteiger partial charge in [-0.25, -0.2) is 0 Å². The maximum atomic E-state index is 9.98. The summed E-state index contributed by atoms with van der Waals surface area (Å²) in [5.74, 6) is 0. The fraction of sp³-hybridized carbons (Fsp3) is 0.444. The molecule has 0 N–H and O–H groups in total. The molecule has 0 heterocycles. The van der Waals surface area contributed by atoms with E-state index in [4.69, 9.17) is 0 Å². The molecule has 1 nitrogen and oxygen atoms in total. The van der Waals surface area contributed by atoms with E-state index in [9.17, 15) is 4.79 Å². The van der Waals surface area contributed by atoms with Crippen molar-refractivity contribution in [1.82, 2.24) is 0 Å².